The Morgan fingerprint density at radius 1 is 1.03 bits per heavy atom. The van der Waals surface area contributed by atoms with Gasteiger partial charge in [-0.15, -0.1) is 10.2 Å². The molecule has 0 aliphatic carbocycles. The summed E-state index contributed by atoms with van der Waals surface area (Å²) in [6, 6.07) is 21.8. The number of benzene rings is 3. The largest absolute Gasteiger partial charge is 0.497 e. The Morgan fingerprint density at radius 2 is 1.77 bits per heavy atom. The van der Waals surface area contributed by atoms with Gasteiger partial charge in [-0.25, -0.2) is 0 Å². The molecule has 35 heavy (non-hydrogen) atoms. The van der Waals surface area contributed by atoms with Crippen LogP contribution in [0.2, 0.25) is 0 Å². The molecule has 1 amide bonds. The molecule has 0 radical (unpaired) electrons. The summed E-state index contributed by atoms with van der Waals surface area (Å²) in [6.45, 7) is 4.03. The van der Waals surface area contributed by atoms with Crippen molar-refractivity contribution in [3.05, 3.63) is 84.1 Å². The van der Waals surface area contributed by atoms with Crippen LogP contribution in [0.1, 0.15) is 11.1 Å². The second kappa shape index (κ2) is 9.68. The van der Waals surface area contributed by atoms with E-state index in [1.54, 1.807) is 7.11 Å². The van der Waals surface area contributed by atoms with Gasteiger partial charge in [-0.3, -0.25) is 9.36 Å². The standard InChI is InChI=1S/C27H25N5O2S/c1-17-12-18(2)14-19(13-17)29-25(33)16-35-27-31-30-26(23-15-28-24-7-5-4-6-22(23)24)32(27)20-8-10-21(34-3)11-9-20/h4-15,28H,16H2,1-3H3,(H,29,33). The number of carbonyl (C=O) groups excluding carboxylic acids is 1. The highest BCUT2D eigenvalue weighted by atomic mass is 32.2. The minimum atomic E-state index is -0.0991. The van der Waals surface area contributed by atoms with E-state index in [1.165, 1.54) is 11.8 Å². The van der Waals surface area contributed by atoms with Crippen molar-refractivity contribution in [1.82, 2.24) is 19.7 Å². The van der Waals surface area contributed by atoms with E-state index in [0.717, 1.165) is 44.7 Å². The van der Waals surface area contributed by atoms with Crippen molar-refractivity contribution >= 4 is 34.3 Å². The van der Waals surface area contributed by atoms with Crippen LogP contribution in [0.4, 0.5) is 5.69 Å². The Hall–Kier alpha value is -4.04. The second-order valence-corrected chi connectivity index (χ2v) is 9.24. The van der Waals surface area contributed by atoms with Crippen molar-refractivity contribution in [2.24, 2.45) is 0 Å². The maximum atomic E-state index is 12.7. The number of rotatable bonds is 7. The summed E-state index contributed by atoms with van der Waals surface area (Å²) in [5.41, 5.74) is 5.85. The van der Waals surface area contributed by atoms with Gasteiger partial charge >= 0.3 is 0 Å². The summed E-state index contributed by atoms with van der Waals surface area (Å²) in [5, 5.41) is 13.7. The van der Waals surface area contributed by atoms with Crippen LogP contribution in [-0.4, -0.2) is 38.5 Å². The Labute approximate surface area is 207 Å². The van der Waals surface area contributed by atoms with Crippen molar-refractivity contribution in [3.63, 3.8) is 0 Å². The van der Waals surface area contributed by atoms with Crippen LogP contribution < -0.4 is 10.1 Å². The first-order valence-electron chi connectivity index (χ1n) is 11.2. The lowest BCUT2D eigenvalue weighted by Crippen LogP contribution is -2.14. The Balaban J connectivity index is 1.46. The topological polar surface area (TPSA) is 84.8 Å². The monoisotopic (exact) mass is 483 g/mol. The molecule has 2 N–H and O–H groups in total. The summed E-state index contributed by atoms with van der Waals surface area (Å²) in [7, 11) is 1.64. The number of hydrogen-bond donors (Lipinski definition) is 2. The first-order valence-corrected chi connectivity index (χ1v) is 12.2. The van der Waals surface area contributed by atoms with E-state index in [0.29, 0.717) is 11.0 Å². The summed E-state index contributed by atoms with van der Waals surface area (Å²) in [5.74, 6) is 1.56. The van der Waals surface area contributed by atoms with Crippen LogP contribution in [0.5, 0.6) is 5.75 Å². The summed E-state index contributed by atoms with van der Waals surface area (Å²) >= 11 is 1.35. The lowest BCUT2D eigenvalue weighted by Gasteiger charge is -2.11. The molecule has 0 atom stereocenters. The molecule has 0 aliphatic heterocycles. The smallest absolute Gasteiger partial charge is 0.234 e. The zero-order chi connectivity index (χ0) is 24.4. The van der Waals surface area contributed by atoms with E-state index in [2.05, 4.69) is 32.6 Å². The van der Waals surface area contributed by atoms with Crippen molar-refractivity contribution in [1.29, 1.82) is 0 Å². The molecule has 0 saturated heterocycles. The van der Waals surface area contributed by atoms with Gasteiger partial charge in [-0.2, -0.15) is 0 Å². The summed E-state index contributed by atoms with van der Waals surface area (Å²) in [6.07, 6.45) is 1.94. The number of hydrogen-bond acceptors (Lipinski definition) is 5. The quantitative estimate of drug-likeness (QED) is 0.287. The molecule has 8 heteroatoms. The number of H-pyrrole nitrogens is 1. The maximum Gasteiger partial charge on any atom is 0.234 e. The van der Waals surface area contributed by atoms with Gasteiger partial charge in [0.1, 0.15) is 5.75 Å². The van der Waals surface area contributed by atoms with Gasteiger partial charge in [-0.1, -0.05) is 36.0 Å². The minimum absolute atomic E-state index is 0.0991. The molecule has 7 nitrogen and oxygen atoms in total. The van der Waals surface area contributed by atoms with Crippen LogP contribution in [0, 0.1) is 13.8 Å². The number of nitrogens with one attached hydrogen (secondary N) is 2. The zero-order valence-electron chi connectivity index (χ0n) is 19.7. The molecular weight excluding hydrogens is 458 g/mol. The molecule has 0 unspecified atom stereocenters. The van der Waals surface area contributed by atoms with Crippen molar-refractivity contribution in [2.45, 2.75) is 19.0 Å². The maximum absolute atomic E-state index is 12.7. The number of methoxy groups -OCH3 is 1. The Kier molecular flexibility index (Phi) is 6.29. The number of fused-ring (bicyclic) bond motifs is 1. The highest BCUT2D eigenvalue weighted by Gasteiger charge is 2.20. The SMILES string of the molecule is COc1ccc(-n2c(SCC(=O)Nc3cc(C)cc(C)c3)nnc2-c2c[nH]c3ccccc23)cc1. The van der Waals surface area contributed by atoms with Crippen molar-refractivity contribution in [2.75, 3.05) is 18.2 Å². The molecule has 2 aromatic heterocycles. The van der Waals surface area contributed by atoms with E-state index in [4.69, 9.17) is 4.74 Å². The predicted molar refractivity (Wildman–Crippen MR) is 140 cm³/mol. The molecule has 5 aromatic rings. The third-order valence-corrected chi connectivity index (χ3v) is 6.56. The normalized spacial score (nSPS) is 11.1. The van der Waals surface area contributed by atoms with Crippen LogP contribution in [0.3, 0.4) is 0 Å². The molecule has 176 valence electrons. The zero-order valence-corrected chi connectivity index (χ0v) is 20.5. The van der Waals surface area contributed by atoms with Crippen LogP contribution in [0.25, 0.3) is 28.0 Å². The third-order valence-electron chi connectivity index (χ3n) is 5.63. The van der Waals surface area contributed by atoms with E-state index in [9.17, 15) is 4.79 Å². The number of carbonyl (C=O) groups is 1. The number of para-hydroxylation sites is 1. The average Bonchev–Trinajstić information content (AvgIpc) is 3.46. The molecule has 0 spiro atoms. The number of thioether (sulfide) groups is 1. The van der Waals surface area contributed by atoms with Gasteiger partial charge in [0.15, 0.2) is 11.0 Å². The van der Waals surface area contributed by atoms with Crippen LogP contribution in [-0.2, 0) is 4.79 Å². The van der Waals surface area contributed by atoms with Crippen LogP contribution in [0.15, 0.2) is 78.1 Å². The van der Waals surface area contributed by atoms with Gasteiger partial charge in [0, 0.05) is 34.0 Å². The molecule has 0 aliphatic rings. The van der Waals surface area contributed by atoms with E-state index in [1.807, 2.05) is 79.2 Å². The number of nitrogens with zero attached hydrogens (tertiary/aromatic N) is 3. The molecular formula is C27H25N5O2S. The number of aryl methyl sites for hydroxylation is 2. The Bertz CT molecular complexity index is 1480. The lowest BCUT2D eigenvalue weighted by atomic mass is 10.1. The molecule has 0 bridgehead atoms. The fraction of sp³-hybridized carbons (Fsp3) is 0.148. The second-order valence-electron chi connectivity index (χ2n) is 8.30. The molecule has 3 aromatic carbocycles. The fourth-order valence-electron chi connectivity index (χ4n) is 4.13. The first-order chi connectivity index (χ1) is 17.0. The molecule has 0 saturated carbocycles. The summed E-state index contributed by atoms with van der Waals surface area (Å²) < 4.78 is 7.30. The van der Waals surface area contributed by atoms with Gasteiger partial charge in [0.05, 0.1) is 12.9 Å². The number of amides is 1. The van der Waals surface area contributed by atoms with Gasteiger partial charge in [0.25, 0.3) is 0 Å². The van der Waals surface area contributed by atoms with Gasteiger partial charge in [-0.05, 0) is 67.4 Å². The minimum Gasteiger partial charge on any atom is -0.497 e. The van der Waals surface area contributed by atoms with Crippen molar-refractivity contribution in [3.8, 4) is 22.8 Å². The molecule has 2 heterocycles. The summed E-state index contributed by atoms with van der Waals surface area (Å²) in [4.78, 5) is 16.0. The van der Waals surface area contributed by atoms with Crippen molar-refractivity contribution < 1.29 is 9.53 Å². The number of ether oxygens (including phenoxy) is 1. The number of aromatic amines is 1. The van der Waals surface area contributed by atoms with Crippen LogP contribution >= 0.6 is 11.8 Å². The predicted octanol–water partition coefficient (Wildman–Crippen LogP) is 5.77. The molecule has 5 rings (SSSR count). The number of anilines is 1. The van der Waals surface area contributed by atoms with Gasteiger partial charge in [0.2, 0.25) is 5.91 Å². The highest BCUT2D eigenvalue weighted by Crippen LogP contribution is 2.33. The first kappa shape index (κ1) is 22.7. The number of aromatic nitrogens is 4. The van der Waals surface area contributed by atoms with E-state index in [-0.39, 0.29) is 11.7 Å². The highest BCUT2D eigenvalue weighted by molar-refractivity contribution is 7.99. The van der Waals surface area contributed by atoms with Gasteiger partial charge < -0.3 is 15.0 Å². The van der Waals surface area contributed by atoms with E-state index < -0.39 is 0 Å². The lowest BCUT2D eigenvalue weighted by molar-refractivity contribution is -0.113. The Morgan fingerprint density at radius 3 is 2.51 bits per heavy atom. The van der Waals surface area contributed by atoms with E-state index >= 15 is 0 Å². The molecule has 0 fully saturated rings. The average molecular weight is 484 g/mol. The third kappa shape index (κ3) is 4.79. The fourth-order valence-corrected chi connectivity index (χ4v) is 4.88.